The van der Waals surface area contributed by atoms with E-state index in [0.717, 1.165) is 19.6 Å². The fourth-order valence-electron chi connectivity index (χ4n) is 3.40. The summed E-state index contributed by atoms with van der Waals surface area (Å²) in [5.74, 6) is -1.30. The number of hydrogen-bond acceptors (Lipinski definition) is 6. The minimum absolute atomic E-state index is 0. The molecule has 0 saturated carbocycles. The Bertz CT molecular complexity index is 1050. The largest absolute Gasteiger partial charge is 0.481 e. The maximum atomic E-state index is 14.1. The van der Waals surface area contributed by atoms with E-state index in [4.69, 9.17) is 9.47 Å². The molecule has 1 aliphatic rings. The molecule has 2 heterocycles. The van der Waals surface area contributed by atoms with Gasteiger partial charge in [0.2, 0.25) is 0 Å². The van der Waals surface area contributed by atoms with E-state index in [1.807, 2.05) is 0 Å². The van der Waals surface area contributed by atoms with Gasteiger partial charge in [0.25, 0.3) is 5.91 Å². The van der Waals surface area contributed by atoms with E-state index in [-0.39, 0.29) is 36.2 Å². The van der Waals surface area contributed by atoms with Crippen molar-refractivity contribution in [2.24, 2.45) is 0 Å². The van der Waals surface area contributed by atoms with Crippen LogP contribution in [0.3, 0.4) is 0 Å². The number of para-hydroxylation sites is 2. The second kappa shape index (κ2) is 11.5. The third kappa shape index (κ3) is 5.92. The first-order valence-corrected chi connectivity index (χ1v) is 11.0. The molecule has 1 fully saturated rings. The minimum atomic E-state index is -0.531. The van der Waals surface area contributed by atoms with Gasteiger partial charge in [-0.2, -0.15) is 0 Å². The number of aromatic nitrogens is 1. The van der Waals surface area contributed by atoms with Gasteiger partial charge < -0.3 is 9.47 Å². The van der Waals surface area contributed by atoms with Crippen LogP contribution in [-0.2, 0) is 9.53 Å². The Kier molecular flexibility index (Phi) is 8.75. The Labute approximate surface area is 195 Å². The van der Waals surface area contributed by atoms with Crippen LogP contribution in [0, 0.1) is 11.6 Å². The number of hydrogen-bond donors (Lipinski definition) is 0. The number of morpholine rings is 1. The van der Waals surface area contributed by atoms with Crippen LogP contribution in [0.2, 0.25) is 0 Å². The third-order valence-electron chi connectivity index (χ3n) is 5.04. The maximum Gasteiger partial charge on any atom is 0.266 e. The number of thiazole rings is 1. The van der Waals surface area contributed by atoms with Gasteiger partial charge in [-0.15, -0.1) is 12.4 Å². The van der Waals surface area contributed by atoms with E-state index < -0.39 is 11.6 Å². The number of amides is 1. The van der Waals surface area contributed by atoms with Gasteiger partial charge in [0, 0.05) is 26.2 Å². The monoisotopic (exact) mass is 483 g/mol. The zero-order chi connectivity index (χ0) is 21.6. The number of rotatable bonds is 8. The molecule has 4 rings (SSSR count). The van der Waals surface area contributed by atoms with E-state index in [1.54, 1.807) is 24.3 Å². The average Bonchev–Trinajstić information content (AvgIpc) is 3.22. The van der Waals surface area contributed by atoms with Crippen LogP contribution >= 0.6 is 23.7 Å². The van der Waals surface area contributed by atoms with Gasteiger partial charge in [0.1, 0.15) is 11.3 Å². The zero-order valence-corrected chi connectivity index (χ0v) is 19.0. The first kappa shape index (κ1) is 24.3. The molecule has 172 valence electrons. The fourth-order valence-corrected chi connectivity index (χ4v) is 4.43. The number of carbonyl (C=O) groups is 1. The van der Waals surface area contributed by atoms with Crippen LogP contribution in [0.4, 0.5) is 13.9 Å². The quantitative estimate of drug-likeness (QED) is 0.482. The number of nitrogens with zero attached hydrogens (tertiary/aromatic N) is 3. The summed E-state index contributed by atoms with van der Waals surface area (Å²) in [5.41, 5.74) is 0.239. The number of ether oxygens (including phenoxy) is 2. The van der Waals surface area contributed by atoms with Gasteiger partial charge in [-0.05, 0) is 30.7 Å². The van der Waals surface area contributed by atoms with E-state index in [9.17, 15) is 13.6 Å². The molecule has 0 atom stereocenters. The minimum Gasteiger partial charge on any atom is -0.481 e. The van der Waals surface area contributed by atoms with Crippen molar-refractivity contribution in [1.29, 1.82) is 0 Å². The lowest BCUT2D eigenvalue weighted by Crippen LogP contribution is -2.40. The molecule has 1 aliphatic heterocycles. The van der Waals surface area contributed by atoms with Crippen molar-refractivity contribution < 1.29 is 23.0 Å². The van der Waals surface area contributed by atoms with Crippen molar-refractivity contribution in [3.8, 4) is 5.75 Å². The SMILES string of the molecule is Cl.O=C(COc1ccccc1F)N(CCCN1CCOCC1)c1nc2c(F)cccc2s1. The molecule has 32 heavy (non-hydrogen) atoms. The molecule has 1 amide bonds. The second-order valence-corrected chi connectivity index (χ2v) is 8.16. The lowest BCUT2D eigenvalue weighted by atomic mass is 10.3. The van der Waals surface area contributed by atoms with Gasteiger partial charge in [0.15, 0.2) is 23.3 Å². The highest BCUT2D eigenvalue weighted by Crippen LogP contribution is 2.30. The summed E-state index contributed by atoms with van der Waals surface area (Å²) in [5, 5.41) is 0.407. The van der Waals surface area contributed by atoms with Crippen molar-refractivity contribution in [2.45, 2.75) is 6.42 Å². The number of anilines is 1. The Balaban J connectivity index is 0.00000289. The molecular weight excluding hydrogens is 460 g/mol. The number of benzene rings is 2. The molecular formula is C22H24ClF2N3O3S. The van der Waals surface area contributed by atoms with Crippen molar-refractivity contribution in [2.75, 3.05) is 50.9 Å². The Morgan fingerprint density at radius 1 is 1.12 bits per heavy atom. The van der Waals surface area contributed by atoms with Crippen LogP contribution < -0.4 is 9.64 Å². The number of fused-ring (bicyclic) bond motifs is 1. The summed E-state index contributed by atoms with van der Waals surface area (Å²) in [6.45, 7) is 4.00. The van der Waals surface area contributed by atoms with Gasteiger partial charge in [-0.25, -0.2) is 13.8 Å². The fraction of sp³-hybridized carbons (Fsp3) is 0.364. The summed E-state index contributed by atoms with van der Waals surface area (Å²) in [6.07, 6.45) is 0.712. The maximum absolute atomic E-state index is 14.1. The smallest absolute Gasteiger partial charge is 0.266 e. The van der Waals surface area contributed by atoms with Gasteiger partial charge in [0.05, 0.1) is 17.9 Å². The summed E-state index contributed by atoms with van der Waals surface area (Å²) in [7, 11) is 0. The van der Waals surface area contributed by atoms with Crippen molar-refractivity contribution in [3.63, 3.8) is 0 Å². The summed E-state index contributed by atoms with van der Waals surface area (Å²) >= 11 is 1.25. The third-order valence-corrected chi connectivity index (χ3v) is 6.08. The molecule has 0 unspecified atom stereocenters. The lowest BCUT2D eigenvalue weighted by Gasteiger charge is -2.27. The predicted molar refractivity (Wildman–Crippen MR) is 123 cm³/mol. The van der Waals surface area contributed by atoms with Crippen molar-refractivity contribution >= 4 is 45.0 Å². The summed E-state index contributed by atoms with van der Waals surface area (Å²) < 4.78 is 39.4. The highest BCUT2D eigenvalue weighted by atomic mass is 35.5. The summed E-state index contributed by atoms with van der Waals surface area (Å²) in [6, 6.07) is 10.7. The second-order valence-electron chi connectivity index (χ2n) is 7.16. The van der Waals surface area contributed by atoms with Crippen molar-refractivity contribution in [1.82, 2.24) is 9.88 Å². The van der Waals surface area contributed by atoms with E-state index in [0.29, 0.717) is 36.0 Å². The molecule has 10 heteroatoms. The predicted octanol–water partition coefficient (Wildman–Crippen LogP) is 4.13. The van der Waals surface area contributed by atoms with E-state index >= 15 is 0 Å². The first-order chi connectivity index (χ1) is 15.1. The average molecular weight is 484 g/mol. The molecule has 0 aliphatic carbocycles. The van der Waals surface area contributed by atoms with Crippen molar-refractivity contribution in [3.05, 3.63) is 54.1 Å². The topological polar surface area (TPSA) is 54.9 Å². The molecule has 1 aromatic heterocycles. The Morgan fingerprint density at radius 3 is 2.62 bits per heavy atom. The van der Waals surface area contributed by atoms with Gasteiger partial charge in [-0.1, -0.05) is 29.5 Å². The van der Waals surface area contributed by atoms with Gasteiger partial charge in [-0.3, -0.25) is 14.6 Å². The lowest BCUT2D eigenvalue weighted by molar-refractivity contribution is -0.120. The summed E-state index contributed by atoms with van der Waals surface area (Å²) in [4.78, 5) is 21.1. The number of halogens is 3. The number of carbonyl (C=O) groups excluding carboxylic acids is 1. The molecule has 0 bridgehead atoms. The van der Waals surface area contributed by atoms with Crippen LogP contribution in [0.15, 0.2) is 42.5 Å². The molecule has 0 N–H and O–H groups in total. The molecule has 0 radical (unpaired) electrons. The highest BCUT2D eigenvalue weighted by molar-refractivity contribution is 7.22. The standard InChI is InChI=1S/C22H23F2N3O3S.ClH/c23-16-5-1-2-7-18(16)30-15-20(28)27(10-4-9-26-11-13-29-14-12-26)22-25-21-17(24)6-3-8-19(21)31-22;/h1-3,5-8H,4,9-15H2;1H. The van der Waals surface area contributed by atoms with E-state index in [2.05, 4.69) is 9.88 Å². The zero-order valence-electron chi connectivity index (χ0n) is 17.3. The Hall–Kier alpha value is -2.33. The molecule has 6 nitrogen and oxygen atoms in total. The van der Waals surface area contributed by atoms with Crippen LogP contribution in [-0.4, -0.2) is 61.8 Å². The Morgan fingerprint density at radius 2 is 1.88 bits per heavy atom. The van der Waals surface area contributed by atoms with Crippen LogP contribution in [0.5, 0.6) is 5.75 Å². The molecule has 3 aromatic rings. The molecule has 2 aromatic carbocycles. The normalized spacial score (nSPS) is 14.2. The first-order valence-electron chi connectivity index (χ1n) is 10.1. The molecule has 1 saturated heterocycles. The highest BCUT2D eigenvalue weighted by Gasteiger charge is 2.22. The van der Waals surface area contributed by atoms with Crippen LogP contribution in [0.1, 0.15) is 6.42 Å². The molecule has 0 spiro atoms. The van der Waals surface area contributed by atoms with E-state index in [1.165, 1.54) is 34.4 Å². The van der Waals surface area contributed by atoms with Crippen LogP contribution in [0.25, 0.3) is 10.2 Å². The van der Waals surface area contributed by atoms with Gasteiger partial charge >= 0.3 is 0 Å².